The van der Waals surface area contributed by atoms with Gasteiger partial charge in [-0.3, -0.25) is 9.59 Å². The highest BCUT2D eigenvalue weighted by Crippen LogP contribution is 2.29. The number of methoxy groups -OCH3 is 1. The maximum atomic E-state index is 11.7. The van der Waals surface area contributed by atoms with Crippen LogP contribution in [0, 0.1) is 0 Å². The van der Waals surface area contributed by atoms with Crippen LogP contribution in [0.4, 0.5) is 0 Å². The lowest BCUT2D eigenvalue weighted by molar-refractivity contribution is -0.139. The first-order valence-corrected chi connectivity index (χ1v) is 10.6. The summed E-state index contributed by atoms with van der Waals surface area (Å²) in [6, 6.07) is 13.2. The van der Waals surface area contributed by atoms with Crippen molar-refractivity contribution in [2.45, 2.75) is 20.0 Å². The molecule has 0 bridgehead atoms. The number of benzene rings is 2. The molecule has 0 radical (unpaired) electrons. The van der Waals surface area contributed by atoms with Gasteiger partial charge in [-0.05, 0) is 54.8 Å². The van der Waals surface area contributed by atoms with Crippen molar-refractivity contribution in [3.05, 3.63) is 58.1 Å². The van der Waals surface area contributed by atoms with Crippen LogP contribution in [0.25, 0.3) is 0 Å². The van der Waals surface area contributed by atoms with Crippen molar-refractivity contribution in [3.63, 3.8) is 0 Å². The summed E-state index contributed by atoms with van der Waals surface area (Å²) in [7, 11) is 1.57. The third kappa shape index (κ3) is 8.77. The van der Waals surface area contributed by atoms with E-state index in [0.29, 0.717) is 49.8 Å². The van der Waals surface area contributed by atoms with Crippen LogP contribution in [0.1, 0.15) is 24.5 Å². The minimum atomic E-state index is -0.840. The molecule has 31 heavy (non-hydrogen) atoms. The first-order valence-electron chi connectivity index (χ1n) is 9.77. The van der Waals surface area contributed by atoms with Crippen LogP contribution >= 0.6 is 15.9 Å². The lowest BCUT2D eigenvalue weighted by Crippen LogP contribution is -2.38. The largest absolute Gasteiger partial charge is 0.490 e. The molecule has 0 spiro atoms. The molecule has 0 atom stereocenters. The molecular formula is C22H26BrN3O5. The fourth-order valence-electron chi connectivity index (χ4n) is 2.45. The fraction of sp³-hybridized carbons (Fsp3) is 0.318. The zero-order valence-corrected chi connectivity index (χ0v) is 19.1. The number of nitrogens with one attached hydrogen (secondary N) is 2. The van der Waals surface area contributed by atoms with Gasteiger partial charge in [0.05, 0.1) is 12.8 Å². The number of ether oxygens (including phenoxy) is 3. The number of hydrazone groups is 1. The quantitative estimate of drug-likeness (QED) is 0.218. The van der Waals surface area contributed by atoms with Crippen molar-refractivity contribution < 1.29 is 23.8 Å². The van der Waals surface area contributed by atoms with Crippen LogP contribution < -0.4 is 20.2 Å². The van der Waals surface area contributed by atoms with E-state index in [2.05, 4.69) is 31.8 Å². The van der Waals surface area contributed by atoms with Gasteiger partial charge >= 0.3 is 11.8 Å². The minimum absolute atomic E-state index is 0.350. The molecular weight excluding hydrogens is 466 g/mol. The van der Waals surface area contributed by atoms with Gasteiger partial charge in [0.2, 0.25) is 0 Å². The van der Waals surface area contributed by atoms with E-state index in [0.717, 1.165) is 10.0 Å². The Labute approximate surface area is 190 Å². The van der Waals surface area contributed by atoms with Crippen molar-refractivity contribution in [2.75, 3.05) is 26.9 Å². The highest BCUT2D eigenvalue weighted by molar-refractivity contribution is 9.10. The molecule has 0 aliphatic rings. The van der Waals surface area contributed by atoms with Crippen molar-refractivity contribution in [3.8, 4) is 11.5 Å². The molecule has 9 heteroatoms. The molecule has 0 heterocycles. The monoisotopic (exact) mass is 491 g/mol. The molecule has 2 aromatic rings. The number of hydrogen-bond acceptors (Lipinski definition) is 6. The summed E-state index contributed by atoms with van der Waals surface area (Å²) in [6.45, 7) is 3.60. The van der Waals surface area contributed by atoms with E-state index in [-0.39, 0.29) is 0 Å². The molecule has 0 unspecified atom stereocenters. The summed E-state index contributed by atoms with van der Waals surface area (Å²) in [4.78, 5) is 23.4. The molecule has 8 nitrogen and oxygen atoms in total. The lowest BCUT2D eigenvalue weighted by Gasteiger charge is -2.12. The highest BCUT2D eigenvalue weighted by Gasteiger charge is 2.11. The molecule has 0 aromatic heterocycles. The Hall–Kier alpha value is -2.91. The average Bonchev–Trinajstić information content (AvgIpc) is 2.77. The first-order chi connectivity index (χ1) is 15.0. The zero-order chi connectivity index (χ0) is 22.5. The minimum Gasteiger partial charge on any atom is -0.490 e. The summed E-state index contributed by atoms with van der Waals surface area (Å²) in [5, 5.41) is 6.31. The van der Waals surface area contributed by atoms with E-state index < -0.39 is 11.8 Å². The number of nitrogens with zero attached hydrogens (tertiary/aromatic N) is 1. The third-order valence-corrected chi connectivity index (χ3v) is 4.50. The molecule has 2 rings (SSSR count). The number of hydrogen-bond donors (Lipinski definition) is 2. The van der Waals surface area contributed by atoms with Crippen LogP contribution in [0.3, 0.4) is 0 Å². The van der Waals surface area contributed by atoms with Crippen LogP contribution in [-0.2, 0) is 20.9 Å². The van der Waals surface area contributed by atoms with Crippen molar-refractivity contribution in [1.29, 1.82) is 0 Å². The second-order valence-electron chi connectivity index (χ2n) is 6.36. The second kappa shape index (κ2) is 13.4. The molecule has 0 saturated carbocycles. The summed E-state index contributed by atoms with van der Waals surface area (Å²) in [6.07, 6.45) is 2.05. The third-order valence-electron chi connectivity index (χ3n) is 3.97. The predicted octanol–water partition coefficient (Wildman–Crippen LogP) is 3.03. The Morgan fingerprint density at radius 2 is 1.84 bits per heavy atom. The first kappa shape index (κ1) is 24.4. The Kier molecular flexibility index (Phi) is 10.5. The van der Waals surface area contributed by atoms with E-state index in [1.165, 1.54) is 6.21 Å². The lowest BCUT2D eigenvalue weighted by atomic mass is 10.2. The molecule has 0 fully saturated rings. The highest BCUT2D eigenvalue weighted by atomic mass is 79.9. The maximum absolute atomic E-state index is 11.7. The molecule has 0 saturated heterocycles. The SMILES string of the molecule is CCOc1cc(/C=N\NC(=O)C(=O)NCCCOC)ccc1OCc1ccc(Br)cc1. The molecule has 0 aliphatic carbocycles. The van der Waals surface area contributed by atoms with E-state index in [1.807, 2.05) is 31.2 Å². The van der Waals surface area contributed by atoms with Crippen LogP contribution in [-0.4, -0.2) is 44.9 Å². The second-order valence-corrected chi connectivity index (χ2v) is 7.27. The van der Waals surface area contributed by atoms with Crippen molar-refractivity contribution in [1.82, 2.24) is 10.7 Å². The Morgan fingerprint density at radius 3 is 2.55 bits per heavy atom. The van der Waals surface area contributed by atoms with E-state index in [4.69, 9.17) is 14.2 Å². The van der Waals surface area contributed by atoms with E-state index >= 15 is 0 Å². The topological polar surface area (TPSA) is 98.2 Å². The number of amides is 2. The molecule has 2 amide bonds. The van der Waals surface area contributed by atoms with Gasteiger partial charge < -0.3 is 19.5 Å². The zero-order valence-electron chi connectivity index (χ0n) is 17.5. The smallest absolute Gasteiger partial charge is 0.329 e. The number of carbonyl (C=O) groups is 2. The molecule has 2 N–H and O–H groups in total. The summed E-state index contributed by atoms with van der Waals surface area (Å²) in [5.41, 5.74) is 3.91. The maximum Gasteiger partial charge on any atom is 0.329 e. The van der Waals surface area contributed by atoms with Gasteiger partial charge in [-0.1, -0.05) is 28.1 Å². The van der Waals surface area contributed by atoms with Crippen LogP contribution in [0.15, 0.2) is 52.0 Å². The molecule has 166 valence electrons. The van der Waals surface area contributed by atoms with Gasteiger partial charge in [-0.2, -0.15) is 5.10 Å². The van der Waals surface area contributed by atoms with E-state index in [9.17, 15) is 9.59 Å². The Balaban J connectivity index is 1.92. The van der Waals surface area contributed by atoms with Gasteiger partial charge in [0.25, 0.3) is 0 Å². The van der Waals surface area contributed by atoms with Crippen LogP contribution in [0.5, 0.6) is 11.5 Å². The van der Waals surface area contributed by atoms with Gasteiger partial charge in [-0.25, -0.2) is 5.43 Å². The van der Waals surface area contributed by atoms with Crippen molar-refractivity contribution in [2.24, 2.45) is 5.10 Å². The van der Waals surface area contributed by atoms with Crippen molar-refractivity contribution >= 4 is 34.0 Å². The predicted molar refractivity (Wildman–Crippen MR) is 121 cm³/mol. The number of carbonyl (C=O) groups excluding carboxylic acids is 2. The van der Waals surface area contributed by atoms with Gasteiger partial charge in [-0.15, -0.1) is 0 Å². The number of rotatable bonds is 11. The van der Waals surface area contributed by atoms with Gasteiger partial charge in [0.1, 0.15) is 6.61 Å². The Bertz CT molecular complexity index is 887. The Morgan fingerprint density at radius 1 is 1.06 bits per heavy atom. The average molecular weight is 492 g/mol. The fourth-order valence-corrected chi connectivity index (χ4v) is 2.71. The molecule has 2 aromatic carbocycles. The summed E-state index contributed by atoms with van der Waals surface area (Å²) in [5.74, 6) is -0.430. The van der Waals surface area contributed by atoms with Gasteiger partial charge in [0.15, 0.2) is 11.5 Å². The van der Waals surface area contributed by atoms with E-state index in [1.54, 1.807) is 25.3 Å². The van der Waals surface area contributed by atoms with Crippen LogP contribution in [0.2, 0.25) is 0 Å². The standard InChI is InChI=1S/C22H26BrN3O5/c1-3-30-20-13-17(14-25-26-22(28)21(27)24-11-4-12-29-2)7-10-19(20)31-15-16-5-8-18(23)9-6-16/h5-10,13-14H,3-4,11-12,15H2,1-2H3,(H,24,27)(H,26,28)/b25-14-. The normalized spacial score (nSPS) is 10.7. The van der Waals surface area contributed by atoms with Gasteiger partial charge in [0, 0.05) is 24.7 Å². The number of halogens is 1. The summed E-state index contributed by atoms with van der Waals surface area (Å²) >= 11 is 3.41. The summed E-state index contributed by atoms with van der Waals surface area (Å²) < 4.78 is 17.4. The molecule has 0 aliphatic heterocycles.